The standard InChI is InChI=1S/C25H25ClN4O4/c1-16-15-30(21-4-2-3-5-22(21)31)25(33)23(28-16)20(14-27)24(32)29-12-10-19(11-13-29)34-18-8-6-17(26)7-9-18/h2-9,14-15,19,31H,10-13,27H2,1H3. The number of nitrogens with zero attached hydrogens (tertiary/aromatic N) is 3. The van der Waals surface area contributed by atoms with Crippen LogP contribution in [0.2, 0.25) is 5.02 Å². The quantitative estimate of drug-likeness (QED) is 0.542. The Balaban J connectivity index is 1.52. The summed E-state index contributed by atoms with van der Waals surface area (Å²) < 4.78 is 7.27. The number of rotatable bonds is 5. The summed E-state index contributed by atoms with van der Waals surface area (Å²) in [5, 5.41) is 10.8. The lowest BCUT2D eigenvalue weighted by molar-refractivity contribution is -0.126. The molecule has 1 saturated heterocycles. The minimum atomic E-state index is -0.543. The van der Waals surface area contributed by atoms with Crippen molar-refractivity contribution >= 4 is 23.1 Å². The largest absolute Gasteiger partial charge is 0.506 e. The van der Waals surface area contributed by atoms with E-state index in [4.69, 9.17) is 22.1 Å². The number of phenolic OH excluding ortho intramolecular Hbond substituents is 1. The number of carbonyl (C=O) groups is 1. The summed E-state index contributed by atoms with van der Waals surface area (Å²) in [6, 6.07) is 13.6. The summed E-state index contributed by atoms with van der Waals surface area (Å²) in [5.74, 6) is 0.297. The lowest BCUT2D eigenvalue weighted by Crippen LogP contribution is -2.43. The number of nitrogens with two attached hydrogens (primary N) is 1. The molecule has 0 radical (unpaired) electrons. The van der Waals surface area contributed by atoms with E-state index >= 15 is 0 Å². The summed E-state index contributed by atoms with van der Waals surface area (Å²) in [7, 11) is 0. The van der Waals surface area contributed by atoms with Gasteiger partial charge in [0.05, 0.1) is 17.0 Å². The number of likely N-dealkylation sites (tertiary alicyclic amines) is 1. The molecule has 3 aromatic rings. The van der Waals surface area contributed by atoms with Gasteiger partial charge in [-0.2, -0.15) is 0 Å². The van der Waals surface area contributed by atoms with Gasteiger partial charge in [0.2, 0.25) is 0 Å². The van der Waals surface area contributed by atoms with Crippen LogP contribution in [0.15, 0.2) is 65.7 Å². The number of piperidine rings is 1. The molecule has 0 aliphatic carbocycles. The first-order valence-corrected chi connectivity index (χ1v) is 11.3. The molecule has 2 heterocycles. The Labute approximate surface area is 201 Å². The van der Waals surface area contributed by atoms with Crippen LogP contribution in [0, 0.1) is 6.92 Å². The van der Waals surface area contributed by atoms with Gasteiger partial charge < -0.3 is 20.5 Å². The number of para-hydroxylation sites is 2. The highest BCUT2D eigenvalue weighted by Gasteiger charge is 2.28. The second-order valence-corrected chi connectivity index (χ2v) is 8.47. The van der Waals surface area contributed by atoms with Crippen LogP contribution in [-0.2, 0) is 4.79 Å². The topological polar surface area (TPSA) is 111 Å². The van der Waals surface area contributed by atoms with E-state index in [1.807, 2.05) is 12.1 Å². The van der Waals surface area contributed by atoms with Gasteiger partial charge in [-0.15, -0.1) is 0 Å². The molecule has 1 fully saturated rings. The van der Waals surface area contributed by atoms with Crippen LogP contribution in [0.1, 0.15) is 24.2 Å². The smallest absolute Gasteiger partial charge is 0.282 e. The van der Waals surface area contributed by atoms with Crippen molar-refractivity contribution in [1.29, 1.82) is 0 Å². The molecular weight excluding hydrogens is 456 g/mol. The average molecular weight is 481 g/mol. The summed E-state index contributed by atoms with van der Waals surface area (Å²) in [6.45, 7) is 2.61. The Morgan fingerprint density at radius 3 is 2.50 bits per heavy atom. The Morgan fingerprint density at radius 2 is 1.85 bits per heavy atom. The SMILES string of the molecule is Cc1cn(-c2ccccc2O)c(=O)c(C(=CN)C(=O)N2CCC(Oc3ccc(Cl)cc3)CC2)n1. The van der Waals surface area contributed by atoms with E-state index in [0.29, 0.717) is 42.3 Å². The molecule has 4 rings (SSSR count). The summed E-state index contributed by atoms with van der Waals surface area (Å²) in [5.41, 5.74) is 6.02. The minimum absolute atomic E-state index is 0.0231. The number of phenols is 1. The van der Waals surface area contributed by atoms with Crippen LogP contribution >= 0.6 is 11.6 Å². The van der Waals surface area contributed by atoms with E-state index in [1.54, 1.807) is 42.2 Å². The lowest BCUT2D eigenvalue weighted by Gasteiger charge is -2.32. The molecule has 176 valence electrons. The molecule has 2 aromatic carbocycles. The van der Waals surface area contributed by atoms with Gasteiger partial charge in [0, 0.05) is 43.4 Å². The predicted octanol–water partition coefficient (Wildman–Crippen LogP) is 3.27. The number of ether oxygens (including phenoxy) is 1. The monoisotopic (exact) mass is 480 g/mol. The zero-order chi connectivity index (χ0) is 24.2. The first kappa shape index (κ1) is 23.4. The van der Waals surface area contributed by atoms with E-state index in [2.05, 4.69) is 4.98 Å². The molecule has 1 aliphatic rings. The number of hydrogen-bond acceptors (Lipinski definition) is 6. The van der Waals surface area contributed by atoms with Crippen molar-refractivity contribution in [2.24, 2.45) is 5.73 Å². The third-order valence-electron chi connectivity index (χ3n) is 5.66. The molecule has 0 spiro atoms. The molecule has 0 atom stereocenters. The Morgan fingerprint density at radius 1 is 1.18 bits per heavy atom. The Bertz CT molecular complexity index is 1280. The van der Waals surface area contributed by atoms with Crippen LogP contribution in [-0.4, -0.2) is 44.7 Å². The van der Waals surface area contributed by atoms with Crippen molar-refractivity contribution < 1.29 is 14.6 Å². The number of carbonyl (C=O) groups excluding carboxylic acids is 1. The van der Waals surface area contributed by atoms with E-state index in [-0.39, 0.29) is 29.0 Å². The van der Waals surface area contributed by atoms with Gasteiger partial charge in [0.15, 0.2) is 0 Å². The molecule has 3 N–H and O–H groups in total. The number of hydrogen-bond donors (Lipinski definition) is 2. The number of aromatic hydroxyl groups is 1. The summed E-state index contributed by atoms with van der Waals surface area (Å²) >= 11 is 5.92. The molecule has 0 saturated carbocycles. The Hall–Kier alpha value is -3.78. The Kier molecular flexibility index (Phi) is 6.88. The number of benzene rings is 2. The van der Waals surface area contributed by atoms with Gasteiger partial charge in [-0.25, -0.2) is 4.98 Å². The first-order chi connectivity index (χ1) is 16.4. The van der Waals surface area contributed by atoms with E-state index < -0.39 is 5.56 Å². The second kappa shape index (κ2) is 10.0. The molecule has 8 nitrogen and oxygen atoms in total. The fourth-order valence-corrected chi connectivity index (χ4v) is 4.07. The van der Waals surface area contributed by atoms with Crippen molar-refractivity contribution in [2.75, 3.05) is 13.1 Å². The van der Waals surface area contributed by atoms with Crippen molar-refractivity contribution in [3.05, 3.63) is 87.7 Å². The minimum Gasteiger partial charge on any atom is -0.506 e. The molecule has 1 aromatic heterocycles. The van der Waals surface area contributed by atoms with Crippen LogP contribution in [0.3, 0.4) is 0 Å². The van der Waals surface area contributed by atoms with Crippen LogP contribution in [0.4, 0.5) is 0 Å². The van der Waals surface area contributed by atoms with E-state index in [0.717, 1.165) is 11.9 Å². The maximum Gasteiger partial charge on any atom is 0.282 e. The lowest BCUT2D eigenvalue weighted by atomic mass is 10.1. The van der Waals surface area contributed by atoms with Crippen molar-refractivity contribution in [3.63, 3.8) is 0 Å². The second-order valence-electron chi connectivity index (χ2n) is 8.04. The van der Waals surface area contributed by atoms with E-state index in [9.17, 15) is 14.7 Å². The van der Waals surface area contributed by atoms with Crippen molar-refractivity contribution in [1.82, 2.24) is 14.5 Å². The number of halogens is 1. The molecule has 34 heavy (non-hydrogen) atoms. The van der Waals surface area contributed by atoms with Gasteiger partial charge in [-0.1, -0.05) is 23.7 Å². The zero-order valence-electron chi connectivity index (χ0n) is 18.6. The van der Waals surface area contributed by atoms with Crippen molar-refractivity contribution in [2.45, 2.75) is 25.9 Å². The van der Waals surface area contributed by atoms with Crippen molar-refractivity contribution in [3.8, 4) is 17.2 Å². The molecule has 0 bridgehead atoms. The summed E-state index contributed by atoms with van der Waals surface area (Å²) in [6.07, 6.45) is 3.87. The fraction of sp³-hybridized carbons (Fsp3) is 0.240. The number of aryl methyl sites for hydroxylation is 1. The maximum atomic E-state index is 13.3. The molecule has 9 heteroatoms. The third-order valence-corrected chi connectivity index (χ3v) is 5.92. The number of amides is 1. The zero-order valence-corrected chi connectivity index (χ0v) is 19.4. The van der Waals surface area contributed by atoms with Crippen LogP contribution in [0.5, 0.6) is 11.5 Å². The maximum absolute atomic E-state index is 13.3. The van der Waals surface area contributed by atoms with Gasteiger partial charge in [0.1, 0.15) is 23.3 Å². The van der Waals surface area contributed by atoms with Crippen LogP contribution in [0.25, 0.3) is 11.3 Å². The van der Waals surface area contributed by atoms with Gasteiger partial charge in [0.25, 0.3) is 11.5 Å². The number of aromatic nitrogens is 2. The van der Waals surface area contributed by atoms with Gasteiger partial charge in [-0.3, -0.25) is 14.2 Å². The molecule has 0 unspecified atom stereocenters. The van der Waals surface area contributed by atoms with Crippen LogP contribution < -0.4 is 16.0 Å². The average Bonchev–Trinajstić information content (AvgIpc) is 2.84. The van der Waals surface area contributed by atoms with Gasteiger partial charge in [-0.05, 0) is 43.3 Å². The summed E-state index contributed by atoms with van der Waals surface area (Å²) in [4.78, 5) is 32.5. The molecular formula is C25H25ClN4O4. The predicted molar refractivity (Wildman–Crippen MR) is 130 cm³/mol. The third kappa shape index (κ3) is 4.92. The van der Waals surface area contributed by atoms with E-state index in [1.165, 1.54) is 16.8 Å². The van der Waals surface area contributed by atoms with Gasteiger partial charge >= 0.3 is 0 Å². The highest BCUT2D eigenvalue weighted by atomic mass is 35.5. The fourth-order valence-electron chi connectivity index (χ4n) is 3.94. The highest BCUT2D eigenvalue weighted by molar-refractivity contribution is 6.30. The molecule has 1 amide bonds. The molecule has 1 aliphatic heterocycles. The highest BCUT2D eigenvalue weighted by Crippen LogP contribution is 2.24. The first-order valence-electron chi connectivity index (χ1n) is 10.9. The normalized spacial score (nSPS) is 14.8.